The Kier molecular flexibility index (Phi) is 3.27. The Morgan fingerprint density at radius 2 is 2.15 bits per heavy atom. The molecule has 1 fully saturated rings. The second-order valence-corrected chi connectivity index (χ2v) is 5.21. The molecule has 1 saturated heterocycles. The first kappa shape index (κ1) is 10.5. The van der Waals surface area contributed by atoms with Crippen LogP contribution in [0.25, 0.3) is 0 Å². The third-order valence-electron chi connectivity index (χ3n) is 2.08. The fourth-order valence-corrected chi connectivity index (χ4v) is 1.75. The van der Waals surface area contributed by atoms with Gasteiger partial charge < -0.3 is 5.32 Å². The molecule has 0 spiro atoms. The lowest BCUT2D eigenvalue weighted by molar-refractivity contribution is -0.723. The molecular formula is C7H15N2O3S+. The summed E-state index contributed by atoms with van der Waals surface area (Å²) in [5, 5.41) is 2.17. The van der Waals surface area contributed by atoms with E-state index in [0.717, 1.165) is 25.8 Å². The molecule has 1 amide bonds. The van der Waals surface area contributed by atoms with Crippen LogP contribution in [0.2, 0.25) is 0 Å². The Morgan fingerprint density at radius 3 is 2.54 bits per heavy atom. The molecule has 0 aliphatic carbocycles. The van der Waals surface area contributed by atoms with Crippen molar-refractivity contribution in [3.8, 4) is 0 Å². The van der Waals surface area contributed by atoms with Gasteiger partial charge in [0.25, 0.3) is 0 Å². The van der Waals surface area contributed by atoms with E-state index in [9.17, 15) is 13.2 Å². The van der Waals surface area contributed by atoms with Gasteiger partial charge in [-0.05, 0) is 6.42 Å². The Hall–Kier alpha value is -0.620. The van der Waals surface area contributed by atoms with Gasteiger partial charge >= 0.3 is 0 Å². The fourth-order valence-electron chi connectivity index (χ4n) is 1.23. The molecular weight excluding hydrogens is 192 g/mol. The van der Waals surface area contributed by atoms with Crippen LogP contribution in [0.15, 0.2) is 0 Å². The minimum atomic E-state index is -3.37. The minimum absolute atomic E-state index is 0.311. The van der Waals surface area contributed by atoms with Crippen molar-refractivity contribution < 1.29 is 18.5 Å². The zero-order valence-corrected chi connectivity index (χ0v) is 8.43. The number of quaternary nitrogens is 1. The summed E-state index contributed by atoms with van der Waals surface area (Å²) in [4.78, 5) is 11.0. The first-order valence-electron chi connectivity index (χ1n) is 4.29. The van der Waals surface area contributed by atoms with Crippen LogP contribution in [0.1, 0.15) is 12.8 Å². The van der Waals surface area contributed by atoms with E-state index in [1.54, 1.807) is 0 Å². The highest BCUT2D eigenvalue weighted by Crippen LogP contribution is 2.05. The molecule has 0 bridgehead atoms. The fraction of sp³-hybridized carbons (Fsp3) is 0.857. The lowest BCUT2D eigenvalue weighted by Gasteiger charge is -2.22. The molecule has 6 heteroatoms. The van der Waals surface area contributed by atoms with Gasteiger partial charge in [0.2, 0.25) is 15.9 Å². The van der Waals surface area contributed by atoms with Crippen molar-refractivity contribution in [1.29, 1.82) is 0 Å². The first-order valence-corrected chi connectivity index (χ1v) is 6.19. The quantitative estimate of drug-likeness (QED) is 0.561. The van der Waals surface area contributed by atoms with Crippen LogP contribution in [0.3, 0.4) is 0 Å². The van der Waals surface area contributed by atoms with Crippen molar-refractivity contribution in [2.24, 2.45) is 5.92 Å². The highest BCUT2D eigenvalue weighted by atomic mass is 32.2. The van der Waals surface area contributed by atoms with E-state index in [-0.39, 0.29) is 0 Å². The predicted octanol–water partition coefficient (Wildman–Crippen LogP) is -1.96. The Labute approximate surface area is 77.9 Å². The predicted molar refractivity (Wildman–Crippen MR) is 47.4 cm³/mol. The molecule has 0 aromatic rings. The summed E-state index contributed by atoms with van der Waals surface area (Å²) in [5.74, 6) is 0.194. The van der Waals surface area contributed by atoms with Gasteiger partial charge in [-0.25, -0.2) is 8.42 Å². The molecule has 1 aliphatic heterocycles. The lowest BCUT2D eigenvalue weighted by atomic mass is 9.97. The maximum atomic E-state index is 11.0. The monoisotopic (exact) mass is 207 g/mol. The maximum Gasteiger partial charge on any atom is 0.233 e. The van der Waals surface area contributed by atoms with Gasteiger partial charge in [-0.2, -0.15) is 0 Å². The molecule has 76 valence electrons. The summed E-state index contributed by atoms with van der Waals surface area (Å²) in [6.07, 6.45) is 2.09. The highest BCUT2D eigenvalue weighted by molar-refractivity contribution is 7.89. The molecule has 0 atom stereocenters. The van der Waals surface area contributed by atoms with E-state index in [1.807, 2.05) is 4.72 Å². The molecule has 1 heterocycles. The normalized spacial score (nSPS) is 17.9. The third kappa shape index (κ3) is 4.23. The standard InChI is InChI=1S/C7H14N2O3S/c1-13(11,12)9-7(10)3-2-6-4-8-5-6/h6,8H,2-5H2,1H3,(H,9,10)/p+1. The second-order valence-electron chi connectivity index (χ2n) is 3.46. The highest BCUT2D eigenvalue weighted by Gasteiger charge is 2.22. The minimum Gasteiger partial charge on any atom is -0.345 e. The number of carbonyl (C=O) groups is 1. The van der Waals surface area contributed by atoms with Crippen molar-refractivity contribution >= 4 is 15.9 Å². The van der Waals surface area contributed by atoms with Crippen molar-refractivity contribution in [2.75, 3.05) is 19.3 Å². The number of rotatable bonds is 4. The van der Waals surface area contributed by atoms with Crippen LogP contribution in [0, 0.1) is 5.92 Å². The van der Waals surface area contributed by atoms with Crippen molar-refractivity contribution in [3.63, 3.8) is 0 Å². The van der Waals surface area contributed by atoms with Crippen molar-refractivity contribution in [3.05, 3.63) is 0 Å². The Morgan fingerprint density at radius 1 is 1.54 bits per heavy atom. The average Bonchev–Trinajstić information content (AvgIpc) is 1.78. The number of nitrogens with two attached hydrogens (primary N) is 1. The summed E-state index contributed by atoms with van der Waals surface area (Å²) in [6.45, 7) is 2.12. The lowest BCUT2D eigenvalue weighted by Crippen LogP contribution is -2.96. The van der Waals surface area contributed by atoms with Gasteiger partial charge in [0.05, 0.1) is 25.3 Å². The molecule has 13 heavy (non-hydrogen) atoms. The molecule has 0 radical (unpaired) electrons. The zero-order valence-electron chi connectivity index (χ0n) is 7.62. The topological polar surface area (TPSA) is 79.8 Å². The van der Waals surface area contributed by atoms with Gasteiger partial charge in [-0.3, -0.25) is 9.52 Å². The van der Waals surface area contributed by atoms with Crippen LogP contribution in [0.5, 0.6) is 0 Å². The average molecular weight is 207 g/mol. The first-order chi connectivity index (χ1) is 5.97. The zero-order chi connectivity index (χ0) is 9.90. The number of hydrogen-bond donors (Lipinski definition) is 2. The number of carbonyl (C=O) groups excluding carboxylic acids is 1. The van der Waals surface area contributed by atoms with Crippen molar-refractivity contribution in [1.82, 2.24) is 4.72 Å². The van der Waals surface area contributed by atoms with Gasteiger partial charge in [-0.15, -0.1) is 0 Å². The van der Waals surface area contributed by atoms with Crippen LogP contribution >= 0.6 is 0 Å². The van der Waals surface area contributed by atoms with Crippen LogP contribution in [-0.2, 0) is 14.8 Å². The largest absolute Gasteiger partial charge is 0.345 e. The van der Waals surface area contributed by atoms with E-state index in [2.05, 4.69) is 5.32 Å². The number of amides is 1. The van der Waals surface area contributed by atoms with E-state index in [4.69, 9.17) is 0 Å². The molecule has 1 rings (SSSR count). The number of sulfonamides is 1. The molecule has 0 aromatic heterocycles. The number of nitrogens with one attached hydrogen (secondary N) is 1. The molecule has 0 aromatic carbocycles. The molecule has 1 aliphatic rings. The Bertz CT molecular complexity index is 282. The second kappa shape index (κ2) is 4.06. The van der Waals surface area contributed by atoms with E-state index >= 15 is 0 Å². The Balaban J connectivity index is 2.17. The van der Waals surface area contributed by atoms with E-state index in [1.165, 1.54) is 0 Å². The van der Waals surface area contributed by atoms with Gasteiger partial charge in [0.15, 0.2) is 0 Å². The maximum absolute atomic E-state index is 11.0. The van der Waals surface area contributed by atoms with Crippen LogP contribution in [-0.4, -0.2) is 33.7 Å². The third-order valence-corrected chi connectivity index (χ3v) is 2.68. The van der Waals surface area contributed by atoms with Crippen LogP contribution in [0.4, 0.5) is 0 Å². The SMILES string of the molecule is CS(=O)(=O)NC(=O)CCC1C[NH2+]C1. The smallest absolute Gasteiger partial charge is 0.233 e. The molecule has 0 saturated carbocycles. The summed E-state index contributed by atoms with van der Waals surface area (Å²) in [6, 6.07) is 0. The van der Waals surface area contributed by atoms with E-state index < -0.39 is 15.9 Å². The van der Waals surface area contributed by atoms with Crippen molar-refractivity contribution in [2.45, 2.75) is 12.8 Å². The molecule has 5 nitrogen and oxygen atoms in total. The van der Waals surface area contributed by atoms with E-state index in [0.29, 0.717) is 12.3 Å². The van der Waals surface area contributed by atoms with Gasteiger partial charge in [0, 0.05) is 6.42 Å². The van der Waals surface area contributed by atoms with Crippen LogP contribution < -0.4 is 10.0 Å². The summed E-state index contributed by atoms with van der Waals surface area (Å²) in [7, 11) is -3.37. The van der Waals surface area contributed by atoms with Gasteiger partial charge in [0.1, 0.15) is 0 Å². The number of hydrogen-bond acceptors (Lipinski definition) is 3. The molecule has 3 N–H and O–H groups in total. The van der Waals surface area contributed by atoms with Gasteiger partial charge in [-0.1, -0.05) is 0 Å². The summed E-state index contributed by atoms with van der Waals surface area (Å²) in [5.41, 5.74) is 0. The summed E-state index contributed by atoms with van der Waals surface area (Å²) >= 11 is 0. The summed E-state index contributed by atoms with van der Waals surface area (Å²) < 4.78 is 23.2. The molecule has 0 unspecified atom stereocenters.